The zero-order valence-corrected chi connectivity index (χ0v) is 17.0. The third kappa shape index (κ3) is 4.22. The van der Waals surface area contributed by atoms with Gasteiger partial charge in [-0.15, -0.1) is 0 Å². The van der Waals surface area contributed by atoms with Crippen molar-refractivity contribution in [1.29, 1.82) is 0 Å². The van der Waals surface area contributed by atoms with Crippen LogP contribution in [0.2, 0.25) is 0 Å². The van der Waals surface area contributed by atoms with E-state index in [9.17, 15) is 4.79 Å². The van der Waals surface area contributed by atoms with Gasteiger partial charge in [0.05, 0.1) is 38.5 Å². The van der Waals surface area contributed by atoms with E-state index in [1.165, 1.54) is 0 Å². The normalized spacial score (nSPS) is 14.5. The molecule has 0 bridgehead atoms. The van der Waals surface area contributed by atoms with E-state index in [0.29, 0.717) is 30.3 Å². The van der Waals surface area contributed by atoms with Crippen LogP contribution in [0.25, 0.3) is 0 Å². The molecule has 1 aliphatic heterocycles. The summed E-state index contributed by atoms with van der Waals surface area (Å²) in [6.07, 6.45) is 0. The molecule has 1 amide bonds. The standard InChI is InChI=1S/C22H28N2O4/c1-22(2,16-9-10-19(26-3)20(15-16)27-4)23-21(25)17-7-5-6-8-18(17)24-11-13-28-14-12-24/h5-10,15H,11-14H2,1-4H3,(H,23,25). The molecule has 0 saturated carbocycles. The smallest absolute Gasteiger partial charge is 0.254 e. The molecule has 0 spiro atoms. The predicted octanol–water partition coefficient (Wildman–Crippen LogP) is 3.21. The van der Waals surface area contributed by atoms with Gasteiger partial charge >= 0.3 is 0 Å². The van der Waals surface area contributed by atoms with E-state index in [1.54, 1.807) is 14.2 Å². The molecule has 0 aliphatic carbocycles. The van der Waals surface area contributed by atoms with Crippen molar-refractivity contribution >= 4 is 11.6 Å². The van der Waals surface area contributed by atoms with Crippen molar-refractivity contribution in [2.75, 3.05) is 45.4 Å². The number of anilines is 1. The van der Waals surface area contributed by atoms with E-state index in [1.807, 2.05) is 56.3 Å². The molecule has 0 radical (unpaired) electrons. The fourth-order valence-corrected chi connectivity index (χ4v) is 3.39. The van der Waals surface area contributed by atoms with Crippen molar-refractivity contribution in [3.8, 4) is 11.5 Å². The Bertz CT molecular complexity index is 829. The molecule has 1 saturated heterocycles. The topological polar surface area (TPSA) is 60.0 Å². The lowest BCUT2D eigenvalue weighted by Crippen LogP contribution is -2.42. The molecule has 0 aromatic heterocycles. The fourth-order valence-electron chi connectivity index (χ4n) is 3.39. The highest BCUT2D eigenvalue weighted by Gasteiger charge is 2.27. The van der Waals surface area contributed by atoms with Gasteiger partial charge in [-0.1, -0.05) is 18.2 Å². The first-order valence-electron chi connectivity index (χ1n) is 9.43. The molecule has 150 valence electrons. The Kier molecular flexibility index (Phi) is 6.09. The number of rotatable bonds is 6. The van der Waals surface area contributed by atoms with Gasteiger partial charge in [-0.05, 0) is 43.7 Å². The molecule has 2 aromatic carbocycles. The molecule has 1 fully saturated rings. The first-order chi connectivity index (χ1) is 13.5. The highest BCUT2D eigenvalue weighted by molar-refractivity contribution is 6.00. The lowest BCUT2D eigenvalue weighted by atomic mass is 9.93. The Balaban J connectivity index is 1.84. The quantitative estimate of drug-likeness (QED) is 0.829. The van der Waals surface area contributed by atoms with Crippen molar-refractivity contribution in [2.24, 2.45) is 0 Å². The lowest BCUT2D eigenvalue weighted by Gasteiger charge is -2.32. The summed E-state index contributed by atoms with van der Waals surface area (Å²) in [7, 11) is 3.21. The molecule has 0 unspecified atom stereocenters. The second-order valence-electron chi connectivity index (χ2n) is 7.27. The summed E-state index contributed by atoms with van der Waals surface area (Å²) in [4.78, 5) is 15.3. The van der Waals surface area contributed by atoms with Crippen LogP contribution < -0.4 is 19.7 Å². The number of nitrogens with zero attached hydrogens (tertiary/aromatic N) is 1. The number of para-hydroxylation sites is 1. The largest absolute Gasteiger partial charge is 0.493 e. The summed E-state index contributed by atoms with van der Waals surface area (Å²) >= 11 is 0. The number of hydrogen-bond donors (Lipinski definition) is 1. The van der Waals surface area contributed by atoms with Crippen LogP contribution in [0.4, 0.5) is 5.69 Å². The highest BCUT2D eigenvalue weighted by Crippen LogP contribution is 2.32. The van der Waals surface area contributed by atoms with Gasteiger partial charge in [0.1, 0.15) is 0 Å². The maximum absolute atomic E-state index is 13.1. The van der Waals surface area contributed by atoms with E-state index in [-0.39, 0.29) is 5.91 Å². The Morgan fingerprint density at radius 3 is 2.39 bits per heavy atom. The van der Waals surface area contributed by atoms with Crippen LogP contribution in [0.3, 0.4) is 0 Å². The van der Waals surface area contributed by atoms with Gasteiger partial charge in [-0.25, -0.2) is 0 Å². The third-order valence-electron chi connectivity index (χ3n) is 5.03. The number of methoxy groups -OCH3 is 2. The maximum Gasteiger partial charge on any atom is 0.254 e. The fraction of sp³-hybridized carbons (Fsp3) is 0.409. The average Bonchev–Trinajstić information content (AvgIpc) is 2.73. The van der Waals surface area contributed by atoms with Crippen molar-refractivity contribution < 1.29 is 19.0 Å². The molecule has 3 rings (SSSR count). The number of hydrogen-bond acceptors (Lipinski definition) is 5. The Hall–Kier alpha value is -2.73. The van der Waals surface area contributed by atoms with Gasteiger partial charge in [0.15, 0.2) is 11.5 Å². The molecule has 1 heterocycles. The van der Waals surface area contributed by atoms with Gasteiger partial charge in [-0.3, -0.25) is 4.79 Å². The molecular formula is C22H28N2O4. The Morgan fingerprint density at radius 2 is 1.71 bits per heavy atom. The zero-order chi connectivity index (χ0) is 20.1. The van der Waals surface area contributed by atoms with Crippen molar-refractivity contribution in [3.63, 3.8) is 0 Å². The minimum atomic E-state index is -0.589. The van der Waals surface area contributed by atoms with Gasteiger partial charge in [-0.2, -0.15) is 0 Å². The first kappa shape index (κ1) is 20.0. The van der Waals surface area contributed by atoms with Crippen LogP contribution >= 0.6 is 0 Å². The first-order valence-corrected chi connectivity index (χ1v) is 9.43. The van der Waals surface area contributed by atoms with Gasteiger partial charge in [0.25, 0.3) is 5.91 Å². The van der Waals surface area contributed by atoms with Crippen LogP contribution in [-0.2, 0) is 10.3 Å². The van der Waals surface area contributed by atoms with E-state index in [2.05, 4.69) is 10.2 Å². The Labute approximate surface area is 166 Å². The number of ether oxygens (including phenoxy) is 3. The minimum absolute atomic E-state index is 0.109. The predicted molar refractivity (Wildman–Crippen MR) is 110 cm³/mol. The number of amides is 1. The number of morpholine rings is 1. The zero-order valence-electron chi connectivity index (χ0n) is 17.0. The summed E-state index contributed by atoms with van der Waals surface area (Å²) in [5.41, 5.74) is 1.95. The van der Waals surface area contributed by atoms with Crippen molar-refractivity contribution in [3.05, 3.63) is 53.6 Å². The van der Waals surface area contributed by atoms with E-state index < -0.39 is 5.54 Å². The number of nitrogens with one attached hydrogen (secondary N) is 1. The molecule has 2 aromatic rings. The van der Waals surface area contributed by atoms with Crippen LogP contribution in [-0.4, -0.2) is 46.4 Å². The van der Waals surface area contributed by atoms with Crippen molar-refractivity contribution in [2.45, 2.75) is 19.4 Å². The summed E-state index contributed by atoms with van der Waals surface area (Å²) in [6, 6.07) is 13.4. The summed E-state index contributed by atoms with van der Waals surface area (Å²) < 4.78 is 16.1. The van der Waals surface area contributed by atoms with Gasteiger partial charge < -0.3 is 24.4 Å². The third-order valence-corrected chi connectivity index (χ3v) is 5.03. The average molecular weight is 384 g/mol. The number of benzene rings is 2. The van der Waals surface area contributed by atoms with E-state index in [4.69, 9.17) is 14.2 Å². The second-order valence-corrected chi connectivity index (χ2v) is 7.27. The molecule has 1 N–H and O–H groups in total. The van der Waals surface area contributed by atoms with Crippen LogP contribution in [0.15, 0.2) is 42.5 Å². The minimum Gasteiger partial charge on any atom is -0.493 e. The molecule has 0 atom stereocenters. The van der Waals surface area contributed by atoms with Gasteiger partial charge in [0.2, 0.25) is 0 Å². The molecular weight excluding hydrogens is 356 g/mol. The number of carbonyl (C=O) groups excluding carboxylic acids is 1. The molecule has 6 heteroatoms. The van der Waals surface area contributed by atoms with E-state index >= 15 is 0 Å². The van der Waals surface area contributed by atoms with Crippen LogP contribution in [0.5, 0.6) is 11.5 Å². The lowest BCUT2D eigenvalue weighted by molar-refractivity contribution is 0.0910. The van der Waals surface area contributed by atoms with E-state index in [0.717, 1.165) is 24.3 Å². The molecule has 1 aliphatic rings. The van der Waals surface area contributed by atoms with Gasteiger partial charge in [0, 0.05) is 18.8 Å². The monoisotopic (exact) mass is 384 g/mol. The maximum atomic E-state index is 13.1. The number of carbonyl (C=O) groups is 1. The second kappa shape index (κ2) is 8.52. The van der Waals surface area contributed by atoms with Crippen LogP contribution in [0.1, 0.15) is 29.8 Å². The summed E-state index contributed by atoms with van der Waals surface area (Å²) in [5.74, 6) is 1.18. The Morgan fingerprint density at radius 1 is 1.04 bits per heavy atom. The summed E-state index contributed by atoms with van der Waals surface area (Å²) in [5, 5.41) is 3.16. The van der Waals surface area contributed by atoms with Crippen LogP contribution in [0, 0.1) is 0 Å². The molecule has 6 nitrogen and oxygen atoms in total. The SMILES string of the molecule is COc1ccc(C(C)(C)NC(=O)c2ccccc2N2CCOCC2)cc1OC. The molecule has 28 heavy (non-hydrogen) atoms. The highest BCUT2D eigenvalue weighted by atomic mass is 16.5. The van der Waals surface area contributed by atoms with Crippen molar-refractivity contribution in [1.82, 2.24) is 5.32 Å². The summed E-state index contributed by atoms with van der Waals surface area (Å²) in [6.45, 7) is 6.86.